The number of hydrogen-bond donors (Lipinski definition) is 1. The molecule has 0 aromatic heterocycles. The van der Waals surface area contributed by atoms with Gasteiger partial charge in [-0.05, 0) is 61.0 Å². The summed E-state index contributed by atoms with van der Waals surface area (Å²) in [5, 5.41) is 5.05. The molecule has 0 radical (unpaired) electrons. The number of rotatable bonds is 9. The first-order chi connectivity index (χ1) is 16.5. The molecule has 5 nitrogen and oxygen atoms in total. The molecule has 1 saturated heterocycles. The molecule has 0 atom stereocenters. The Bertz CT molecular complexity index is 1100. The highest BCUT2D eigenvalue weighted by atomic mass is 35.5. The summed E-state index contributed by atoms with van der Waals surface area (Å²) in [5.74, 6) is 1.09. The van der Waals surface area contributed by atoms with E-state index in [1.807, 2.05) is 25.1 Å². The number of benzene rings is 3. The van der Waals surface area contributed by atoms with Gasteiger partial charge in [0.25, 0.3) is 0 Å². The maximum Gasteiger partial charge on any atom is 0.180 e. The standard InChI is InChI=1S/C26H27Cl3N2O3/c1-2-33-25-14-18(13-24(29)26(25)34-17-19-3-4-20(27)15-23(19)28)16-30-21-5-7-22(8-6-21)31-9-11-32-12-10-31/h3-8,13-15,30H,2,9-12,16-17H2,1H3. The molecule has 34 heavy (non-hydrogen) atoms. The quantitative estimate of drug-likeness (QED) is 0.326. The summed E-state index contributed by atoms with van der Waals surface area (Å²) in [6.07, 6.45) is 0. The van der Waals surface area contributed by atoms with Gasteiger partial charge in [0, 0.05) is 46.6 Å². The molecule has 3 aromatic rings. The Balaban J connectivity index is 1.42. The molecule has 4 rings (SSSR count). The van der Waals surface area contributed by atoms with Crippen molar-refractivity contribution < 1.29 is 14.2 Å². The van der Waals surface area contributed by atoms with Gasteiger partial charge in [-0.25, -0.2) is 0 Å². The van der Waals surface area contributed by atoms with E-state index in [4.69, 9.17) is 49.0 Å². The second-order valence-corrected chi connectivity index (χ2v) is 9.11. The SMILES string of the molecule is CCOc1cc(CNc2ccc(N3CCOCC3)cc2)cc(Cl)c1OCc1ccc(Cl)cc1Cl. The predicted octanol–water partition coefficient (Wildman–Crippen LogP) is 7.07. The molecule has 1 aliphatic heterocycles. The first-order valence-electron chi connectivity index (χ1n) is 11.2. The number of morpholine rings is 1. The normalized spacial score (nSPS) is 13.6. The van der Waals surface area contributed by atoms with E-state index >= 15 is 0 Å². The first kappa shape index (κ1) is 24.8. The fourth-order valence-electron chi connectivity index (χ4n) is 3.73. The molecule has 3 aromatic carbocycles. The Labute approximate surface area is 215 Å². The molecule has 0 aliphatic carbocycles. The van der Waals surface area contributed by atoms with Crippen molar-refractivity contribution in [1.29, 1.82) is 0 Å². The molecule has 180 valence electrons. The second-order valence-electron chi connectivity index (χ2n) is 7.86. The lowest BCUT2D eigenvalue weighted by molar-refractivity contribution is 0.122. The van der Waals surface area contributed by atoms with Crippen LogP contribution in [0.3, 0.4) is 0 Å². The lowest BCUT2D eigenvalue weighted by Crippen LogP contribution is -2.36. The van der Waals surface area contributed by atoms with Crippen LogP contribution in [0.25, 0.3) is 0 Å². The van der Waals surface area contributed by atoms with Gasteiger partial charge in [0.2, 0.25) is 0 Å². The molecular formula is C26H27Cl3N2O3. The molecule has 8 heteroatoms. The fraction of sp³-hybridized carbons (Fsp3) is 0.308. The largest absolute Gasteiger partial charge is 0.490 e. The molecule has 1 N–H and O–H groups in total. The lowest BCUT2D eigenvalue weighted by atomic mass is 10.1. The zero-order valence-corrected chi connectivity index (χ0v) is 21.2. The monoisotopic (exact) mass is 520 g/mol. The van der Waals surface area contributed by atoms with Gasteiger partial charge in [-0.1, -0.05) is 40.9 Å². The van der Waals surface area contributed by atoms with Crippen LogP contribution in [0.1, 0.15) is 18.1 Å². The van der Waals surface area contributed by atoms with E-state index in [-0.39, 0.29) is 6.61 Å². The molecule has 1 fully saturated rings. The third kappa shape index (κ3) is 6.42. The number of anilines is 2. The van der Waals surface area contributed by atoms with Gasteiger partial charge in [-0.3, -0.25) is 0 Å². The van der Waals surface area contributed by atoms with Gasteiger partial charge >= 0.3 is 0 Å². The second kappa shape index (κ2) is 11.9. The van der Waals surface area contributed by atoms with E-state index in [2.05, 4.69) is 34.5 Å². The van der Waals surface area contributed by atoms with Crippen molar-refractivity contribution in [3.05, 3.63) is 80.8 Å². The zero-order chi connectivity index (χ0) is 23.9. The van der Waals surface area contributed by atoms with Gasteiger partial charge in [-0.2, -0.15) is 0 Å². The zero-order valence-electron chi connectivity index (χ0n) is 19.0. The van der Waals surface area contributed by atoms with Crippen LogP contribution >= 0.6 is 34.8 Å². The summed E-state index contributed by atoms with van der Waals surface area (Å²) in [5.41, 5.74) is 4.04. The number of nitrogens with one attached hydrogen (secondary N) is 1. The Morgan fingerprint density at radius 2 is 1.68 bits per heavy atom. The molecule has 0 bridgehead atoms. The fourth-order valence-corrected chi connectivity index (χ4v) is 4.48. The predicted molar refractivity (Wildman–Crippen MR) is 140 cm³/mol. The van der Waals surface area contributed by atoms with E-state index in [0.29, 0.717) is 39.7 Å². The van der Waals surface area contributed by atoms with E-state index < -0.39 is 0 Å². The smallest absolute Gasteiger partial charge is 0.180 e. The average Bonchev–Trinajstić information content (AvgIpc) is 2.84. The van der Waals surface area contributed by atoms with Crippen LogP contribution < -0.4 is 19.7 Å². The van der Waals surface area contributed by atoms with Gasteiger partial charge < -0.3 is 24.4 Å². The molecule has 0 spiro atoms. The summed E-state index contributed by atoms with van der Waals surface area (Å²) < 4.78 is 17.3. The summed E-state index contributed by atoms with van der Waals surface area (Å²) >= 11 is 18.8. The van der Waals surface area contributed by atoms with Gasteiger partial charge in [0.05, 0.1) is 24.8 Å². The minimum absolute atomic E-state index is 0.253. The van der Waals surface area contributed by atoms with E-state index in [0.717, 1.165) is 43.1 Å². The van der Waals surface area contributed by atoms with Crippen molar-refractivity contribution in [2.24, 2.45) is 0 Å². The van der Waals surface area contributed by atoms with Crippen LogP contribution in [-0.4, -0.2) is 32.9 Å². The molecule has 0 unspecified atom stereocenters. The van der Waals surface area contributed by atoms with Gasteiger partial charge in [0.1, 0.15) is 6.61 Å². The summed E-state index contributed by atoms with van der Waals surface area (Å²) in [7, 11) is 0. The topological polar surface area (TPSA) is 43.0 Å². The summed E-state index contributed by atoms with van der Waals surface area (Å²) in [4.78, 5) is 2.33. The first-order valence-corrected chi connectivity index (χ1v) is 12.4. The van der Waals surface area contributed by atoms with Crippen LogP contribution in [0.5, 0.6) is 11.5 Å². The van der Waals surface area contributed by atoms with Crippen molar-refractivity contribution >= 4 is 46.2 Å². The van der Waals surface area contributed by atoms with Crippen molar-refractivity contribution in [1.82, 2.24) is 0 Å². The maximum absolute atomic E-state index is 6.59. The van der Waals surface area contributed by atoms with E-state index in [1.54, 1.807) is 12.1 Å². The van der Waals surface area contributed by atoms with Gasteiger partial charge in [-0.15, -0.1) is 0 Å². The summed E-state index contributed by atoms with van der Waals surface area (Å²) in [6, 6.07) is 17.6. The van der Waals surface area contributed by atoms with Crippen molar-refractivity contribution in [2.45, 2.75) is 20.1 Å². The third-order valence-electron chi connectivity index (χ3n) is 5.50. The lowest BCUT2D eigenvalue weighted by Gasteiger charge is -2.29. The molecular weight excluding hydrogens is 495 g/mol. The van der Waals surface area contributed by atoms with Crippen molar-refractivity contribution in [3.8, 4) is 11.5 Å². The molecule has 0 saturated carbocycles. The Morgan fingerprint density at radius 3 is 2.38 bits per heavy atom. The molecule has 1 heterocycles. The van der Waals surface area contributed by atoms with Crippen LogP contribution in [0.15, 0.2) is 54.6 Å². The number of ether oxygens (including phenoxy) is 3. The van der Waals surface area contributed by atoms with Crippen LogP contribution in [0.4, 0.5) is 11.4 Å². The number of halogens is 3. The molecule has 1 aliphatic rings. The Kier molecular flexibility index (Phi) is 8.68. The van der Waals surface area contributed by atoms with Gasteiger partial charge in [0.15, 0.2) is 11.5 Å². The number of hydrogen-bond acceptors (Lipinski definition) is 5. The maximum atomic E-state index is 6.59. The minimum atomic E-state index is 0.253. The third-order valence-corrected chi connectivity index (χ3v) is 6.36. The van der Waals surface area contributed by atoms with Crippen molar-refractivity contribution in [2.75, 3.05) is 43.1 Å². The minimum Gasteiger partial charge on any atom is -0.490 e. The molecule has 0 amide bonds. The van der Waals surface area contributed by atoms with Crippen molar-refractivity contribution in [3.63, 3.8) is 0 Å². The highest BCUT2D eigenvalue weighted by Crippen LogP contribution is 2.38. The number of nitrogens with zero attached hydrogens (tertiary/aromatic N) is 1. The summed E-state index contributed by atoms with van der Waals surface area (Å²) in [6.45, 7) is 6.66. The van der Waals surface area contributed by atoms with Crippen LogP contribution in [0.2, 0.25) is 15.1 Å². The van der Waals surface area contributed by atoms with Crippen LogP contribution in [0, 0.1) is 0 Å². The Hall–Kier alpha value is -2.31. The average molecular weight is 522 g/mol. The highest BCUT2D eigenvalue weighted by molar-refractivity contribution is 6.35. The van der Waals surface area contributed by atoms with Crippen LogP contribution in [-0.2, 0) is 17.9 Å². The van der Waals surface area contributed by atoms with E-state index in [1.165, 1.54) is 5.69 Å². The highest BCUT2D eigenvalue weighted by Gasteiger charge is 2.15. The Morgan fingerprint density at radius 1 is 0.912 bits per heavy atom. The van der Waals surface area contributed by atoms with E-state index in [9.17, 15) is 0 Å².